The Balaban J connectivity index is 2.18. The Kier molecular flexibility index (Phi) is 3.68. The first-order valence-corrected chi connectivity index (χ1v) is 5.74. The summed E-state index contributed by atoms with van der Waals surface area (Å²) in [6, 6.07) is 1.03. The predicted molar refractivity (Wildman–Crippen MR) is 60.0 cm³/mol. The quantitative estimate of drug-likeness (QED) is 0.842. The van der Waals surface area contributed by atoms with Crippen LogP contribution in [0.25, 0.3) is 0 Å². The minimum Gasteiger partial charge on any atom is -0.394 e. The molecule has 2 heterocycles. The molecule has 1 N–H and O–H groups in total. The van der Waals surface area contributed by atoms with E-state index in [4.69, 9.17) is 0 Å². The second kappa shape index (κ2) is 5.23. The lowest BCUT2D eigenvalue weighted by atomic mass is 10.0. The standard InChI is InChI=1S/C12H15FN2O2/c13-10-5-9(6-14-7-10)12(17)15-4-2-1-3-11(15)8-16/h5-7,11,16H,1-4,8H2. The molecule has 5 heteroatoms. The number of aliphatic hydroxyl groups excluding tert-OH is 1. The van der Waals surface area contributed by atoms with Crippen molar-refractivity contribution in [1.29, 1.82) is 0 Å². The lowest BCUT2D eigenvalue weighted by molar-refractivity contribution is 0.0502. The topological polar surface area (TPSA) is 53.4 Å². The molecule has 1 fully saturated rings. The number of rotatable bonds is 2. The van der Waals surface area contributed by atoms with Crippen LogP contribution >= 0.6 is 0 Å². The third kappa shape index (κ3) is 2.61. The van der Waals surface area contributed by atoms with E-state index in [0.29, 0.717) is 6.54 Å². The van der Waals surface area contributed by atoms with Crippen molar-refractivity contribution < 1.29 is 14.3 Å². The number of aromatic nitrogens is 1. The van der Waals surface area contributed by atoms with Gasteiger partial charge in [-0.2, -0.15) is 0 Å². The molecule has 0 aliphatic carbocycles. The molecule has 1 aromatic heterocycles. The molecule has 4 nitrogen and oxygen atoms in total. The molecule has 0 saturated carbocycles. The minimum absolute atomic E-state index is 0.0471. The summed E-state index contributed by atoms with van der Waals surface area (Å²) >= 11 is 0. The predicted octanol–water partition coefficient (Wildman–Crippen LogP) is 1.21. The molecule has 1 amide bonds. The van der Waals surface area contributed by atoms with Crippen LogP contribution in [0.2, 0.25) is 0 Å². The van der Waals surface area contributed by atoms with E-state index in [2.05, 4.69) is 4.98 Å². The number of hydrogen-bond donors (Lipinski definition) is 1. The van der Waals surface area contributed by atoms with Crippen LogP contribution in [0.3, 0.4) is 0 Å². The number of likely N-dealkylation sites (tertiary alicyclic amines) is 1. The molecule has 1 saturated heterocycles. The molecule has 17 heavy (non-hydrogen) atoms. The summed E-state index contributed by atoms with van der Waals surface area (Å²) in [4.78, 5) is 17.4. The highest BCUT2D eigenvalue weighted by molar-refractivity contribution is 5.94. The number of halogens is 1. The molecule has 1 aliphatic heterocycles. The van der Waals surface area contributed by atoms with Gasteiger partial charge >= 0.3 is 0 Å². The van der Waals surface area contributed by atoms with Crippen LogP contribution in [0, 0.1) is 5.82 Å². The van der Waals surface area contributed by atoms with Gasteiger partial charge < -0.3 is 10.0 Å². The Labute approximate surface area is 99.1 Å². The summed E-state index contributed by atoms with van der Waals surface area (Å²) in [6.07, 6.45) is 5.15. The van der Waals surface area contributed by atoms with Gasteiger partial charge in [0.15, 0.2) is 0 Å². The molecule has 0 aromatic carbocycles. The van der Waals surface area contributed by atoms with Crippen LogP contribution in [-0.4, -0.2) is 40.1 Å². The van der Waals surface area contributed by atoms with E-state index in [1.165, 1.54) is 12.3 Å². The van der Waals surface area contributed by atoms with Crippen LogP contribution in [0.15, 0.2) is 18.5 Å². The Hall–Kier alpha value is -1.49. The second-order valence-corrected chi connectivity index (χ2v) is 4.22. The first-order valence-electron chi connectivity index (χ1n) is 5.74. The number of piperidine rings is 1. The third-order valence-corrected chi connectivity index (χ3v) is 3.05. The van der Waals surface area contributed by atoms with Gasteiger partial charge in [0.2, 0.25) is 0 Å². The number of aliphatic hydroxyl groups is 1. The van der Waals surface area contributed by atoms with Crippen molar-refractivity contribution in [2.75, 3.05) is 13.2 Å². The fourth-order valence-electron chi connectivity index (χ4n) is 2.15. The summed E-state index contributed by atoms with van der Waals surface area (Å²) in [5, 5.41) is 9.23. The maximum Gasteiger partial charge on any atom is 0.255 e. The number of pyridine rings is 1. The van der Waals surface area contributed by atoms with Gasteiger partial charge in [-0.3, -0.25) is 9.78 Å². The summed E-state index contributed by atoms with van der Waals surface area (Å²) in [5.41, 5.74) is 0.241. The molecule has 92 valence electrons. The maximum absolute atomic E-state index is 13.0. The summed E-state index contributed by atoms with van der Waals surface area (Å²) in [7, 11) is 0. The van der Waals surface area contributed by atoms with E-state index in [1.807, 2.05) is 0 Å². The van der Waals surface area contributed by atoms with Crippen LogP contribution in [0.4, 0.5) is 4.39 Å². The lowest BCUT2D eigenvalue weighted by Crippen LogP contribution is -2.45. The smallest absolute Gasteiger partial charge is 0.255 e. The van der Waals surface area contributed by atoms with Gasteiger partial charge in [0.1, 0.15) is 5.82 Å². The summed E-state index contributed by atoms with van der Waals surface area (Å²) in [6.45, 7) is 0.565. The monoisotopic (exact) mass is 238 g/mol. The largest absolute Gasteiger partial charge is 0.394 e. The van der Waals surface area contributed by atoms with E-state index in [0.717, 1.165) is 25.5 Å². The van der Waals surface area contributed by atoms with E-state index >= 15 is 0 Å². The van der Waals surface area contributed by atoms with Gasteiger partial charge in [0.25, 0.3) is 5.91 Å². The number of nitrogens with zero attached hydrogens (tertiary/aromatic N) is 2. The number of carbonyl (C=O) groups is 1. The van der Waals surface area contributed by atoms with Gasteiger partial charge in [0, 0.05) is 12.7 Å². The highest BCUT2D eigenvalue weighted by Gasteiger charge is 2.27. The van der Waals surface area contributed by atoms with Crippen molar-refractivity contribution in [1.82, 2.24) is 9.88 Å². The van der Waals surface area contributed by atoms with Crippen LogP contribution in [-0.2, 0) is 0 Å². The van der Waals surface area contributed by atoms with Crippen LogP contribution in [0.5, 0.6) is 0 Å². The van der Waals surface area contributed by atoms with E-state index in [-0.39, 0.29) is 24.1 Å². The number of carbonyl (C=O) groups excluding carboxylic acids is 1. The highest BCUT2D eigenvalue weighted by atomic mass is 19.1. The SMILES string of the molecule is O=C(c1cncc(F)c1)N1CCCCC1CO. The van der Waals surface area contributed by atoms with Gasteiger partial charge in [-0.15, -0.1) is 0 Å². The molecular formula is C12H15FN2O2. The van der Waals surface area contributed by atoms with Crippen molar-refractivity contribution in [3.8, 4) is 0 Å². The fraction of sp³-hybridized carbons (Fsp3) is 0.500. The van der Waals surface area contributed by atoms with Crippen molar-refractivity contribution >= 4 is 5.91 Å². The van der Waals surface area contributed by atoms with Gasteiger partial charge in [-0.1, -0.05) is 0 Å². The zero-order chi connectivity index (χ0) is 12.3. The van der Waals surface area contributed by atoms with Crippen LogP contribution < -0.4 is 0 Å². The zero-order valence-electron chi connectivity index (χ0n) is 9.47. The molecule has 2 rings (SSSR count). The highest BCUT2D eigenvalue weighted by Crippen LogP contribution is 2.19. The Morgan fingerprint density at radius 1 is 1.53 bits per heavy atom. The first-order chi connectivity index (χ1) is 8.22. The molecule has 1 aliphatic rings. The van der Waals surface area contributed by atoms with Gasteiger partial charge in [-0.25, -0.2) is 4.39 Å². The number of amides is 1. The lowest BCUT2D eigenvalue weighted by Gasteiger charge is -2.34. The van der Waals surface area contributed by atoms with Gasteiger partial charge in [-0.05, 0) is 25.3 Å². The molecule has 0 bridgehead atoms. The third-order valence-electron chi connectivity index (χ3n) is 3.05. The summed E-state index contributed by atoms with van der Waals surface area (Å²) in [5.74, 6) is -0.774. The zero-order valence-corrected chi connectivity index (χ0v) is 9.47. The number of hydrogen-bond acceptors (Lipinski definition) is 3. The molecule has 1 atom stereocenters. The molecule has 0 spiro atoms. The average molecular weight is 238 g/mol. The van der Waals surface area contributed by atoms with Gasteiger partial charge in [0.05, 0.1) is 24.4 Å². The van der Waals surface area contributed by atoms with Crippen molar-refractivity contribution in [2.45, 2.75) is 25.3 Å². The van der Waals surface area contributed by atoms with Crippen molar-refractivity contribution in [3.05, 3.63) is 29.8 Å². The van der Waals surface area contributed by atoms with E-state index in [9.17, 15) is 14.3 Å². The molecular weight excluding hydrogens is 223 g/mol. The van der Waals surface area contributed by atoms with E-state index < -0.39 is 5.82 Å². The first kappa shape index (κ1) is 12.0. The van der Waals surface area contributed by atoms with E-state index in [1.54, 1.807) is 4.90 Å². The van der Waals surface area contributed by atoms with Crippen molar-refractivity contribution in [3.63, 3.8) is 0 Å². The molecule has 1 aromatic rings. The Bertz CT molecular complexity index is 411. The fourth-order valence-corrected chi connectivity index (χ4v) is 2.15. The normalized spacial score (nSPS) is 20.4. The molecule has 0 radical (unpaired) electrons. The minimum atomic E-state index is -0.520. The second-order valence-electron chi connectivity index (χ2n) is 4.22. The maximum atomic E-state index is 13.0. The average Bonchev–Trinajstić information content (AvgIpc) is 2.38. The molecule has 1 unspecified atom stereocenters. The summed E-state index contributed by atoms with van der Waals surface area (Å²) < 4.78 is 13.0. The van der Waals surface area contributed by atoms with Crippen LogP contribution in [0.1, 0.15) is 29.6 Å². The Morgan fingerprint density at radius 2 is 2.35 bits per heavy atom. The Morgan fingerprint density at radius 3 is 3.06 bits per heavy atom. The van der Waals surface area contributed by atoms with Crippen molar-refractivity contribution in [2.24, 2.45) is 0 Å².